The molecule has 0 amide bonds. The second-order valence-electron chi connectivity index (χ2n) is 8.72. The van der Waals surface area contributed by atoms with Crippen LogP contribution in [0.3, 0.4) is 0 Å². The summed E-state index contributed by atoms with van der Waals surface area (Å²) < 4.78 is 35.0. The van der Waals surface area contributed by atoms with Gasteiger partial charge in [-0.3, -0.25) is 4.79 Å². The van der Waals surface area contributed by atoms with Crippen molar-refractivity contribution in [3.05, 3.63) is 65.2 Å². The number of benzene rings is 2. The number of hydrogen-bond acceptors (Lipinski definition) is 4. The van der Waals surface area contributed by atoms with Gasteiger partial charge in [0.25, 0.3) is 0 Å². The maximum absolute atomic E-state index is 12.7. The van der Waals surface area contributed by atoms with Crippen molar-refractivity contribution in [3.63, 3.8) is 0 Å². The summed E-state index contributed by atoms with van der Waals surface area (Å²) in [6, 6.07) is 14.3. The van der Waals surface area contributed by atoms with E-state index in [4.69, 9.17) is 0 Å². The lowest BCUT2D eigenvalue weighted by molar-refractivity contribution is -0.908. The average Bonchev–Trinajstić information content (AvgIpc) is 2.68. The third-order valence-electron chi connectivity index (χ3n) is 6.26. The molecule has 1 aliphatic carbocycles. The fourth-order valence-electron chi connectivity index (χ4n) is 4.51. The summed E-state index contributed by atoms with van der Waals surface area (Å²) in [5.41, 5.74) is 2.69. The number of aryl methyl sites for hydroxylation is 1. The Kier molecular flexibility index (Phi) is 6.27. The van der Waals surface area contributed by atoms with Crippen LogP contribution in [-0.2, 0) is 10.1 Å². The number of nitrogens with zero attached hydrogens (tertiary/aromatic N) is 1. The highest BCUT2D eigenvalue weighted by Crippen LogP contribution is 2.38. The maximum atomic E-state index is 12.7. The van der Waals surface area contributed by atoms with E-state index < -0.39 is 10.1 Å². The van der Waals surface area contributed by atoms with E-state index in [0.29, 0.717) is 17.1 Å². The Hall–Kier alpha value is -2.02. The normalized spacial score (nSPS) is 20.4. The van der Waals surface area contributed by atoms with Crippen molar-refractivity contribution < 1.29 is 22.2 Å². The van der Waals surface area contributed by atoms with Crippen molar-refractivity contribution in [3.8, 4) is 0 Å². The molecule has 0 N–H and O–H groups in total. The third-order valence-corrected chi connectivity index (χ3v) is 7.09. The molecule has 2 aromatic carbocycles. The monoisotopic (exact) mass is 415 g/mol. The summed E-state index contributed by atoms with van der Waals surface area (Å²) in [6.07, 6.45) is 3.89. The molecule has 2 aromatic rings. The van der Waals surface area contributed by atoms with Crippen LogP contribution in [0, 0.1) is 6.92 Å². The Balaban J connectivity index is 1.79. The molecule has 6 heteroatoms. The summed E-state index contributed by atoms with van der Waals surface area (Å²) in [7, 11) is -0.275. The molecule has 3 rings (SSSR count). The molecule has 156 valence electrons. The van der Waals surface area contributed by atoms with Gasteiger partial charge in [0, 0.05) is 12.0 Å². The van der Waals surface area contributed by atoms with Crippen molar-refractivity contribution >= 4 is 15.9 Å². The molecule has 1 fully saturated rings. The third kappa shape index (κ3) is 5.13. The molecule has 0 heterocycles. The van der Waals surface area contributed by atoms with Gasteiger partial charge >= 0.3 is 0 Å². The molecule has 0 aliphatic heterocycles. The molecule has 0 saturated heterocycles. The van der Waals surface area contributed by atoms with Crippen molar-refractivity contribution in [2.45, 2.75) is 49.5 Å². The second kappa shape index (κ2) is 8.38. The molecule has 2 unspecified atom stereocenters. The van der Waals surface area contributed by atoms with Gasteiger partial charge in [-0.05, 0) is 55.4 Å². The summed E-state index contributed by atoms with van der Waals surface area (Å²) in [5.74, 6) is 0.327. The number of Topliss-reactive ketones (excluding diaryl/α,β-unsaturated/α-hetero) is 1. The van der Waals surface area contributed by atoms with Gasteiger partial charge < -0.3 is 9.04 Å². The van der Waals surface area contributed by atoms with E-state index in [1.807, 2.05) is 37.3 Å². The first kappa shape index (κ1) is 21.7. The molecule has 1 aliphatic rings. The lowest BCUT2D eigenvalue weighted by Gasteiger charge is -2.42. The van der Waals surface area contributed by atoms with E-state index in [1.54, 1.807) is 12.1 Å². The van der Waals surface area contributed by atoms with E-state index in [9.17, 15) is 17.8 Å². The smallest absolute Gasteiger partial charge is 0.216 e. The number of carbonyl (C=O) groups excluding carboxylic acids is 1. The predicted octanol–water partition coefficient (Wildman–Crippen LogP) is 3.88. The molecule has 5 nitrogen and oxygen atoms in total. The van der Waals surface area contributed by atoms with Crippen LogP contribution in [-0.4, -0.2) is 49.9 Å². The van der Waals surface area contributed by atoms with E-state index in [0.717, 1.165) is 42.4 Å². The van der Waals surface area contributed by atoms with Crippen LogP contribution in [0.4, 0.5) is 0 Å². The topological polar surface area (TPSA) is 74.3 Å². The fraction of sp³-hybridized carbons (Fsp3) is 0.435. The van der Waals surface area contributed by atoms with Gasteiger partial charge in [0.05, 0.1) is 25.0 Å². The zero-order chi connectivity index (χ0) is 21.2. The average molecular weight is 416 g/mol. The quantitative estimate of drug-likeness (QED) is 0.408. The van der Waals surface area contributed by atoms with Gasteiger partial charge in [0.15, 0.2) is 0 Å². The Morgan fingerprint density at radius 1 is 1.10 bits per heavy atom. The minimum atomic E-state index is -4.47. The molecule has 0 bridgehead atoms. The number of quaternary nitrogens is 1. The number of rotatable bonds is 6. The van der Waals surface area contributed by atoms with Gasteiger partial charge in [0.2, 0.25) is 5.78 Å². The van der Waals surface area contributed by atoms with Crippen LogP contribution in [0.15, 0.2) is 53.4 Å². The minimum absolute atomic E-state index is 0.133. The Morgan fingerprint density at radius 3 is 2.45 bits per heavy atom. The standard InChI is InChI=1S/C23H29NO4S/c1-17-12-13-21(29(26,27)28)15-22(17)19-10-7-11-20(14-19)24(2,3)16-23(25)18-8-5-4-6-9-18/h4-6,8-9,12-13,15,19-20H,7,10-11,14,16H2,1-3H3. The van der Waals surface area contributed by atoms with E-state index >= 15 is 0 Å². The Bertz CT molecular complexity index is 983. The predicted molar refractivity (Wildman–Crippen MR) is 112 cm³/mol. The van der Waals surface area contributed by atoms with E-state index in [1.165, 1.54) is 6.07 Å². The van der Waals surface area contributed by atoms with Crippen molar-refractivity contribution in [2.75, 3.05) is 20.6 Å². The molecule has 0 aromatic heterocycles. The molecule has 0 radical (unpaired) electrons. The summed E-state index contributed by atoms with van der Waals surface area (Å²) in [4.78, 5) is 12.6. The van der Waals surface area contributed by atoms with E-state index in [-0.39, 0.29) is 16.6 Å². The van der Waals surface area contributed by atoms with Gasteiger partial charge in [-0.2, -0.15) is 0 Å². The van der Waals surface area contributed by atoms with Gasteiger partial charge in [0.1, 0.15) is 16.7 Å². The van der Waals surface area contributed by atoms with Crippen LogP contribution < -0.4 is 0 Å². The SMILES string of the molecule is Cc1ccc(S(=O)(=O)[O-])cc1C1CCCC([N+](C)(C)CC(=O)c2ccccc2)C1. The highest BCUT2D eigenvalue weighted by atomic mass is 32.2. The molecular formula is C23H29NO4S. The summed E-state index contributed by atoms with van der Waals surface area (Å²) >= 11 is 0. The lowest BCUT2D eigenvalue weighted by atomic mass is 9.79. The van der Waals surface area contributed by atoms with Crippen molar-refractivity contribution in [2.24, 2.45) is 0 Å². The molecule has 2 atom stereocenters. The van der Waals surface area contributed by atoms with Crippen LogP contribution in [0.25, 0.3) is 0 Å². The zero-order valence-electron chi connectivity index (χ0n) is 17.3. The number of ketones is 1. The zero-order valence-corrected chi connectivity index (χ0v) is 18.1. The number of likely N-dealkylation sites (N-methyl/N-ethyl adjacent to an activating group) is 1. The second-order valence-corrected chi connectivity index (χ2v) is 10.1. The fourth-order valence-corrected chi connectivity index (χ4v) is 5.02. The van der Waals surface area contributed by atoms with Crippen LogP contribution in [0.2, 0.25) is 0 Å². The largest absolute Gasteiger partial charge is 0.744 e. The first-order chi connectivity index (χ1) is 13.6. The minimum Gasteiger partial charge on any atom is -0.744 e. The van der Waals surface area contributed by atoms with Crippen LogP contribution >= 0.6 is 0 Å². The summed E-state index contributed by atoms with van der Waals surface area (Å²) in [6.45, 7) is 2.38. The first-order valence-corrected chi connectivity index (χ1v) is 11.5. The maximum Gasteiger partial charge on any atom is 0.216 e. The van der Waals surface area contributed by atoms with Crippen molar-refractivity contribution in [1.82, 2.24) is 0 Å². The van der Waals surface area contributed by atoms with Crippen LogP contribution in [0.5, 0.6) is 0 Å². The Labute approximate surface area is 173 Å². The first-order valence-electron chi connectivity index (χ1n) is 10.1. The van der Waals surface area contributed by atoms with Crippen molar-refractivity contribution in [1.29, 1.82) is 0 Å². The summed E-state index contributed by atoms with van der Waals surface area (Å²) in [5, 5.41) is 0. The van der Waals surface area contributed by atoms with Gasteiger partial charge in [-0.15, -0.1) is 0 Å². The van der Waals surface area contributed by atoms with Crippen LogP contribution in [0.1, 0.15) is 53.1 Å². The molecule has 29 heavy (non-hydrogen) atoms. The Morgan fingerprint density at radius 2 is 1.79 bits per heavy atom. The highest BCUT2D eigenvalue weighted by molar-refractivity contribution is 7.85. The molecule has 0 spiro atoms. The highest BCUT2D eigenvalue weighted by Gasteiger charge is 2.36. The number of hydrogen-bond donors (Lipinski definition) is 0. The lowest BCUT2D eigenvalue weighted by Crippen LogP contribution is -2.53. The molecule has 1 saturated carbocycles. The van der Waals surface area contributed by atoms with Gasteiger partial charge in [-0.25, -0.2) is 8.42 Å². The number of carbonyl (C=O) groups is 1. The molecular weight excluding hydrogens is 386 g/mol. The van der Waals surface area contributed by atoms with Gasteiger partial charge in [-0.1, -0.05) is 36.4 Å². The van der Waals surface area contributed by atoms with E-state index in [2.05, 4.69) is 14.1 Å².